The summed E-state index contributed by atoms with van der Waals surface area (Å²) in [4.78, 5) is 15.3. The number of aromatic nitrogens is 2. The third-order valence-corrected chi connectivity index (χ3v) is 14.5. The first kappa shape index (κ1) is 28.4. The third-order valence-electron chi connectivity index (χ3n) is 9.75. The first-order valence-corrected chi connectivity index (χ1v) is 20.1. The van der Waals surface area contributed by atoms with Gasteiger partial charge in [0.2, 0.25) is 0 Å². The van der Waals surface area contributed by atoms with E-state index in [0.717, 1.165) is 55.0 Å². The number of nitrogens with zero attached hydrogens (tertiary/aromatic N) is 4. The SMILES string of the molecule is c1ccc2c(c1)[Se]c1ccccc1N2c1ccc2c(ccc3nc4ccc5cc(N6c7ccccc7[Se]c7ccccc76)ccc5c4nc32)c1. The second kappa shape index (κ2) is 11.0. The minimum absolute atomic E-state index is 0.278. The first-order valence-electron chi connectivity index (χ1n) is 16.7. The van der Waals surface area contributed by atoms with Crippen LogP contribution in [0, 0.1) is 0 Å². The Morgan fingerprint density at radius 1 is 0.360 bits per heavy atom. The Labute approximate surface area is 301 Å². The van der Waals surface area contributed by atoms with Crippen LogP contribution in [0.25, 0.3) is 43.6 Å². The summed E-state index contributed by atoms with van der Waals surface area (Å²) in [5.74, 6) is 0. The van der Waals surface area contributed by atoms with Crippen LogP contribution < -0.4 is 27.6 Å². The van der Waals surface area contributed by atoms with Gasteiger partial charge in [0, 0.05) is 0 Å². The van der Waals surface area contributed by atoms with Crippen LogP contribution in [-0.2, 0) is 0 Å². The topological polar surface area (TPSA) is 32.3 Å². The molecule has 6 heteroatoms. The van der Waals surface area contributed by atoms with Gasteiger partial charge in [-0.3, -0.25) is 0 Å². The normalized spacial score (nSPS) is 13.4. The van der Waals surface area contributed by atoms with Gasteiger partial charge in [0.15, 0.2) is 0 Å². The second-order valence-corrected chi connectivity index (χ2v) is 17.2. The van der Waals surface area contributed by atoms with Crippen LogP contribution in [0.1, 0.15) is 0 Å². The Balaban J connectivity index is 1.06. The van der Waals surface area contributed by atoms with Gasteiger partial charge in [-0.15, -0.1) is 0 Å². The summed E-state index contributed by atoms with van der Waals surface area (Å²) in [6.45, 7) is 0. The average Bonchev–Trinajstić information content (AvgIpc) is 3.17. The van der Waals surface area contributed by atoms with Crippen LogP contribution in [0.4, 0.5) is 34.1 Å². The summed E-state index contributed by atoms with van der Waals surface area (Å²) in [6, 6.07) is 57.4. The number of fused-ring (bicyclic) bond motifs is 10. The van der Waals surface area contributed by atoms with Crippen molar-refractivity contribution in [1.29, 1.82) is 0 Å². The van der Waals surface area contributed by atoms with Crippen molar-refractivity contribution in [3.8, 4) is 0 Å². The van der Waals surface area contributed by atoms with Gasteiger partial charge in [-0.2, -0.15) is 0 Å². The molecular weight excluding hydrogens is 742 g/mol. The second-order valence-electron chi connectivity index (χ2n) is 12.6. The molecule has 11 rings (SSSR count). The zero-order chi connectivity index (χ0) is 32.8. The van der Waals surface area contributed by atoms with Gasteiger partial charge in [0.25, 0.3) is 0 Å². The fraction of sp³-hybridized carbons (Fsp3) is 0. The number of hydrogen-bond donors (Lipinski definition) is 0. The predicted molar refractivity (Wildman–Crippen MR) is 211 cm³/mol. The van der Waals surface area contributed by atoms with Crippen molar-refractivity contribution in [2.45, 2.75) is 0 Å². The molecule has 2 aliphatic rings. The van der Waals surface area contributed by atoms with E-state index in [-0.39, 0.29) is 29.9 Å². The van der Waals surface area contributed by atoms with Crippen molar-refractivity contribution >= 4 is 125 Å². The molecule has 2 aliphatic heterocycles. The molecule has 3 heterocycles. The van der Waals surface area contributed by atoms with Gasteiger partial charge in [-0.05, 0) is 0 Å². The molecule has 0 fully saturated rings. The van der Waals surface area contributed by atoms with E-state index in [1.165, 1.54) is 40.6 Å². The van der Waals surface area contributed by atoms with Crippen molar-refractivity contribution in [3.05, 3.63) is 158 Å². The fourth-order valence-electron chi connectivity index (χ4n) is 7.48. The minimum atomic E-state index is 0.278. The van der Waals surface area contributed by atoms with Gasteiger partial charge >= 0.3 is 303 Å². The molecule has 234 valence electrons. The molecule has 0 spiro atoms. The van der Waals surface area contributed by atoms with Crippen LogP contribution in [0.15, 0.2) is 158 Å². The third kappa shape index (κ3) is 4.30. The maximum absolute atomic E-state index is 5.38. The molecule has 9 aromatic rings. The van der Waals surface area contributed by atoms with E-state index in [1.54, 1.807) is 0 Å². The Hall–Kier alpha value is -5.48. The van der Waals surface area contributed by atoms with Gasteiger partial charge < -0.3 is 0 Å². The quantitative estimate of drug-likeness (QED) is 0.102. The molecule has 0 unspecified atom stereocenters. The molecule has 8 aromatic carbocycles. The Morgan fingerprint density at radius 3 is 1.14 bits per heavy atom. The zero-order valence-corrected chi connectivity index (χ0v) is 30.0. The summed E-state index contributed by atoms with van der Waals surface area (Å²) in [5, 5.41) is 4.53. The van der Waals surface area contributed by atoms with Crippen LogP contribution in [-0.4, -0.2) is 39.9 Å². The molecule has 0 atom stereocenters. The summed E-state index contributed by atoms with van der Waals surface area (Å²) in [5.41, 5.74) is 11.1. The molecular formula is C44H26N4Se2. The Morgan fingerprint density at radius 2 is 0.740 bits per heavy atom. The van der Waals surface area contributed by atoms with Gasteiger partial charge in [0.1, 0.15) is 0 Å². The molecule has 0 radical (unpaired) electrons. The Kier molecular flexibility index (Phi) is 6.25. The number of rotatable bonds is 2. The van der Waals surface area contributed by atoms with Crippen LogP contribution >= 0.6 is 0 Å². The van der Waals surface area contributed by atoms with E-state index >= 15 is 0 Å². The summed E-state index contributed by atoms with van der Waals surface area (Å²) in [7, 11) is 0. The maximum atomic E-state index is 5.38. The van der Waals surface area contributed by atoms with Crippen LogP contribution in [0.2, 0.25) is 0 Å². The number of anilines is 6. The molecule has 0 saturated carbocycles. The van der Waals surface area contributed by atoms with E-state index in [0.29, 0.717) is 0 Å². The number of para-hydroxylation sites is 4. The fourth-order valence-corrected chi connectivity index (χ4v) is 11.9. The van der Waals surface area contributed by atoms with Gasteiger partial charge in [-0.25, -0.2) is 0 Å². The van der Waals surface area contributed by atoms with E-state index in [4.69, 9.17) is 9.97 Å². The first-order chi connectivity index (χ1) is 24.8. The summed E-state index contributed by atoms with van der Waals surface area (Å²) >= 11 is 0.556. The molecule has 0 bridgehead atoms. The van der Waals surface area contributed by atoms with Crippen molar-refractivity contribution < 1.29 is 0 Å². The number of hydrogen-bond acceptors (Lipinski definition) is 4. The van der Waals surface area contributed by atoms with Crippen molar-refractivity contribution in [3.63, 3.8) is 0 Å². The van der Waals surface area contributed by atoms with Crippen molar-refractivity contribution in [2.24, 2.45) is 0 Å². The molecule has 50 heavy (non-hydrogen) atoms. The average molecular weight is 769 g/mol. The molecule has 0 saturated heterocycles. The molecule has 4 nitrogen and oxygen atoms in total. The van der Waals surface area contributed by atoms with Gasteiger partial charge in [-0.1, -0.05) is 0 Å². The number of benzene rings is 8. The van der Waals surface area contributed by atoms with E-state index < -0.39 is 0 Å². The monoisotopic (exact) mass is 770 g/mol. The van der Waals surface area contributed by atoms with E-state index in [9.17, 15) is 0 Å². The van der Waals surface area contributed by atoms with Gasteiger partial charge in [0.05, 0.1) is 0 Å². The molecule has 1 aromatic heterocycles. The predicted octanol–water partition coefficient (Wildman–Crippen LogP) is 7.97. The molecule has 0 aliphatic carbocycles. The van der Waals surface area contributed by atoms with Crippen LogP contribution in [0.5, 0.6) is 0 Å². The van der Waals surface area contributed by atoms with Crippen LogP contribution in [0.3, 0.4) is 0 Å². The van der Waals surface area contributed by atoms with E-state index in [2.05, 4.69) is 168 Å². The zero-order valence-electron chi connectivity index (χ0n) is 26.6. The summed E-state index contributed by atoms with van der Waals surface area (Å²) in [6.07, 6.45) is 0. The molecule has 0 N–H and O–H groups in total. The van der Waals surface area contributed by atoms with E-state index in [1.807, 2.05) is 0 Å². The van der Waals surface area contributed by atoms with Crippen molar-refractivity contribution in [2.75, 3.05) is 9.80 Å². The Bertz CT molecular complexity index is 2580. The summed E-state index contributed by atoms with van der Waals surface area (Å²) < 4.78 is 5.61. The standard InChI is InChI=1S/C44H26N4Se2/c1-5-13-39-35(9-1)47(36-10-2-6-14-40(36)49-39)29-19-21-31-27(25-29)17-23-33-43(31)46-44-32-22-20-30(26-28(32)18-24-34(44)45-33)48-37-11-3-7-15-41(37)50-42-16-8-4-12-38(42)48/h1-26H. The van der Waals surface area contributed by atoms with Crippen molar-refractivity contribution in [1.82, 2.24) is 9.97 Å². The molecule has 0 amide bonds.